The molecule has 4 rings (SSSR count). The molecule has 170 valence electrons. The van der Waals surface area contributed by atoms with Crippen molar-refractivity contribution in [2.75, 3.05) is 0 Å². The number of hydrogen-bond acceptors (Lipinski definition) is 5. The molecule has 3 aromatic carbocycles. The summed E-state index contributed by atoms with van der Waals surface area (Å²) in [5.41, 5.74) is 2.31. The summed E-state index contributed by atoms with van der Waals surface area (Å²) < 4.78 is 8.11. The Balaban J connectivity index is 1.72. The van der Waals surface area contributed by atoms with Gasteiger partial charge in [-0.3, -0.25) is 4.79 Å². The molecule has 34 heavy (non-hydrogen) atoms. The van der Waals surface area contributed by atoms with E-state index in [2.05, 4.69) is 32.1 Å². The molecule has 8 heteroatoms. The van der Waals surface area contributed by atoms with Crippen LogP contribution in [0.25, 0.3) is 10.9 Å². The molecule has 0 radical (unpaired) electrons. The predicted molar refractivity (Wildman–Crippen MR) is 138 cm³/mol. The second-order valence-electron chi connectivity index (χ2n) is 7.54. The summed E-state index contributed by atoms with van der Waals surface area (Å²) in [7, 11) is 0. The molecule has 0 fully saturated rings. The Hall–Kier alpha value is -3.47. The fourth-order valence-corrected chi connectivity index (χ4v) is 4.02. The molecule has 0 aliphatic heterocycles. The van der Waals surface area contributed by atoms with Gasteiger partial charge in [0, 0.05) is 27.0 Å². The van der Waals surface area contributed by atoms with Crippen LogP contribution in [0, 0.1) is 11.3 Å². The molecule has 0 saturated heterocycles. The van der Waals surface area contributed by atoms with Crippen molar-refractivity contribution < 1.29 is 4.74 Å². The Morgan fingerprint density at radius 1 is 1.21 bits per heavy atom. The lowest BCUT2D eigenvalue weighted by Gasteiger charge is -2.11. The van der Waals surface area contributed by atoms with E-state index in [1.165, 1.54) is 4.68 Å². The van der Waals surface area contributed by atoms with Gasteiger partial charge >= 0.3 is 0 Å². The smallest absolute Gasteiger partial charge is 0.282 e. The van der Waals surface area contributed by atoms with Crippen molar-refractivity contribution in [3.05, 3.63) is 103 Å². The SMILES string of the molecule is CCCc1nc2ccc(Br)cc2c(=O)n1N=Cc1cc(Cl)ccc1OCc1ccccc1C#N. The number of rotatable bonds is 7. The molecule has 1 heterocycles. The zero-order valence-corrected chi connectivity index (χ0v) is 20.7. The van der Waals surface area contributed by atoms with E-state index in [-0.39, 0.29) is 12.2 Å². The standard InChI is InChI=1S/C26H20BrClN4O2/c1-2-5-25-31-23-10-8-20(27)13-22(23)26(33)32(25)30-15-19-12-21(28)9-11-24(19)34-16-18-7-4-3-6-17(18)14-29/h3-4,6-13,15H,2,5,16H2,1H3. The van der Waals surface area contributed by atoms with E-state index in [0.717, 1.165) is 16.5 Å². The van der Waals surface area contributed by atoms with Crippen LogP contribution in [0.1, 0.15) is 35.9 Å². The molecule has 0 N–H and O–H groups in total. The Bertz CT molecular complexity index is 1490. The maximum Gasteiger partial charge on any atom is 0.282 e. The van der Waals surface area contributed by atoms with E-state index in [1.54, 1.807) is 36.5 Å². The van der Waals surface area contributed by atoms with Crippen molar-refractivity contribution in [3.8, 4) is 11.8 Å². The number of ether oxygens (including phenoxy) is 1. The first-order valence-electron chi connectivity index (χ1n) is 10.7. The van der Waals surface area contributed by atoms with Crippen molar-refractivity contribution in [1.29, 1.82) is 5.26 Å². The fraction of sp³-hybridized carbons (Fsp3) is 0.154. The third-order valence-corrected chi connectivity index (χ3v) is 5.88. The van der Waals surface area contributed by atoms with Crippen LogP contribution in [-0.4, -0.2) is 15.9 Å². The van der Waals surface area contributed by atoms with E-state index in [0.29, 0.717) is 45.0 Å². The lowest BCUT2D eigenvalue weighted by molar-refractivity contribution is 0.305. The van der Waals surface area contributed by atoms with Gasteiger partial charge in [0.1, 0.15) is 18.2 Å². The molecule has 0 aliphatic rings. The monoisotopic (exact) mass is 534 g/mol. The van der Waals surface area contributed by atoms with Crippen LogP contribution in [0.5, 0.6) is 5.75 Å². The Labute approximate surface area is 210 Å². The molecule has 0 atom stereocenters. The van der Waals surface area contributed by atoms with Crippen LogP contribution >= 0.6 is 27.5 Å². The first-order valence-corrected chi connectivity index (χ1v) is 11.8. The van der Waals surface area contributed by atoms with E-state index in [4.69, 9.17) is 16.3 Å². The first-order chi connectivity index (χ1) is 16.5. The van der Waals surface area contributed by atoms with Crippen molar-refractivity contribution in [2.45, 2.75) is 26.4 Å². The number of nitriles is 1. The van der Waals surface area contributed by atoms with Gasteiger partial charge in [0.05, 0.1) is 28.8 Å². The number of aryl methyl sites for hydroxylation is 1. The van der Waals surface area contributed by atoms with Crippen molar-refractivity contribution in [2.24, 2.45) is 5.10 Å². The topological polar surface area (TPSA) is 80.3 Å². The number of aromatic nitrogens is 2. The predicted octanol–water partition coefficient (Wildman–Crippen LogP) is 6.10. The molecular weight excluding hydrogens is 516 g/mol. The molecule has 0 unspecified atom stereocenters. The largest absolute Gasteiger partial charge is 0.488 e. The summed E-state index contributed by atoms with van der Waals surface area (Å²) in [6, 6.07) is 20.0. The molecule has 6 nitrogen and oxygen atoms in total. The van der Waals surface area contributed by atoms with Gasteiger partial charge in [-0.2, -0.15) is 15.0 Å². The number of halogens is 2. The fourth-order valence-electron chi connectivity index (χ4n) is 3.48. The van der Waals surface area contributed by atoms with E-state index in [1.807, 2.05) is 37.3 Å². The maximum absolute atomic E-state index is 13.2. The molecule has 0 bridgehead atoms. The second-order valence-corrected chi connectivity index (χ2v) is 8.89. The third-order valence-electron chi connectivity index (χ3n) is 5.15. The number of benzene rings is 3. The van der Waals surface area contributed by atoms with Gasteiger partial charge in [-0.25, -0.2) is 4.98 Å². The maximum atomic E-state index is 13.2. The molecule has 0 aliphatic carbocycles. The highest BCUT2D eigenvalue weighted by molar-refractivity contribution is 9.10. The van der Waals surface area contributed by atoms with Crippen LogP contribution < -0.4 is 10.3 Å². The van der Waals surface area contributed by atoms with Crippen molar-refractivity contribution in [1.82, 2.24) is 9.66 Å². The summed E-state index contributed by atoms with van der Waals surface area (Å²) in [5, 5.41) is 14.8. The molecule has 4 aromatic rings. The number of hydrogen-bond donors (Lipinski definition) is 0. The Morgan fingerprint density at radius 2 is 2.03 bits per heavy atom. The van der Waals surface area contributed by atoms with Gasteiger partial charge in [-0.1, -0.05) is 52.7 Å². The van der Waals surface area contributed by atoms with Gasteiger partial charge in [-0.15, -0.1) is 0 Å². The van der Waals surface area contributed by atoms with E-state index in [9.17, 15) is 10.1 Å². The zero-order valence-electron chi connectivity index (χ0n) is 18.3. The molecule has 0 amide bonds. The minimum absolute atomic E-state index is 0.207. The summed E-state index contributed by atoms with van der Waals surface area (Å²) in [4.78, 5) is 17.9. The minimum atomic E-state index is -0.251. The van der Waals surface area contributed by atoms with Crippen molar-refractivity contribution in [3.63, 3.8) is 0 Å². The van der Waals surface area contributed by atoms with Crippen molar-refractivity contribution >= 4 is 44.6 Å². The lowest BCUT2D eigenvalue weighted by Crippen LogP contribution is -2.22. The molecule has 1 aromatic heterocycles. The van der Waals surface area contributed by atoms with Crippen LogP contribution in [0.15, 0.2) is 75.0 Å². The van der Waals surface area contributed by atoms with E-state index < -0.39 is 0 Å². The average Bonchev–Trinajstić information content (AvgIpc) is 2.84. The zero-order chi connectivity index (χ0) is 24.1. The minimum Gasteiger partial charge on any atom is -0.488 e. The summed E-state index contributed by atoms with van der Waals surface area (Å²) in [5.74, 6) is 1.11. The van der Waals surface area contributed by atoms with Crippen LogP contribution in [0.3, 0.4) is 0 Å². The van der Waals surface area contributed by atoms with Gasteiger partial charge in [0.2, 0.25) is 0 Å². The van der Waals surface area contributed by atoms with Crippen LogP contribution in [-0.2, 0) is 13.0 Å². The first kappa shape index (κ1) is 23.7. The number of nitrogens with zero attached hydrogens (tertiary/aromatic N) is 4. The average molecular weight is 536 g/mol. The lowest BCUT2D eigenvalue weighted by atomic mass is 10.1. The summed E-state index contributed by atoms with van der Waals surface area (Å²) in [6.07, 6.45) is 2.96. The van der Waals surface area contributed by atoms with Gasteiger partial charge < -0.3 is 4.74 Å². The Kier molecular flexibility index (Phi) is 7.41. The van der Waals surface area contributed by atoms with E-state index >= 15 is 0 Å². The highest BCUT2D eigenvalue weighted by Crippen LogP contribution is 2.23. The highest BCUT2D eigenvalue weighted by atomic mass is 79.9. The molecule has 0 spiro atoms. The summed E-state index contributed by atoms with van der Waals surface area (Å²) >= 11 is 9.64. The normalized spacial score (nSPS) is 11.1. The van der Waals surface area contributed by atoms with Crippen LogP contribution in [0.4, 0.5) is 0 Å². The van der Waals surface area contributed by atoms with Gasteiger partial charge in [-0.05, 0) is 48.9 Å². The highest BCUT2D eigenvalue weighted by Gasteiger charge is 2.11. The third kappa shape index (κ3) is 5.19. The second kappa shape index (κ2) is 10.6. The van der Waals surface area contributed by atoms with Crippen LogP contribution in [0.2, 0.25) is 5.02 Å². The van der Waals surface area contributed by atoms with Gasteiger partial charge in [0.25, 0.3) is 5.56 Å². The molecule has 0 saturated carbocycles. The van der Waals surface area contributed by atoms with Gasteiger partial charge in [0.15, 0.2) is 0 Å². The molecular formula is C26H20BrClN4O2. The quantitative estimate of drug-likeness (QED) is 0.268. The summed E-state index contributed by atoms with van der Waals surface area (Å²) in [6.45, 7) is 2.23. The number of fused-ring (bicyclic) bond motifs is 1. The Morgan fingerprint density at radius 3 is 2.82 bits per heavy atom.